The molecule has 1 aromatic heterocycles. The summed E-state index contributed by atoms with van der Waals surface area (Å²) in [6.07, 6.45) is 1.78. The molecule has 26 heavy (non-hydrogen) atoms. The molecule has 0 bridgehead atoms. The molecule has 2 heterocycles. The Hall–Kier alpha value is -2.70. The zero-order chi connectivity index (χ0) is 17.8. The van der Waals surface area contributed by atoms with E-state index >= 15 is 0 Å². The number of morpholine rings is 1. The molecule has 134 valence electrons. The summed E-state index contributed by atoms with van der Waals surface area (Å²) in [6.45, 7) is 5.33. The molecular weight excluding hydrogens is 328 g/mol. The van der Waals surface area contributed by atoms with Crippen LogP contribution >= 0.6 is 0 Å². The van der Waals surface area contributed by atoms with Crippen LogP contribution in [0.2, 0.25) is 0 Å². The van der Waals surface area contributed by atoms with Gasteiger partial charge in [0.1, 0.15) is 5.75 Å². The van der Waals surface area contributed by atoms with E-state index in [1.165, 1.54) is 0 Å². The number of rotatable bonds is 5. The van der Waals surface area contributed by atoms with Gasteiger partial charge in [0.15, 0.2) is 0 Å². The van der Waals surface area contributed by atoms with E-state index in [1.807, 2.05) is 30.3 Å². The summed E-state index contributed by atoms with van der Waals surface area (Å²) in [4.78, 5) is 11.7. The third kappa shape index (κ3) is 3.76. The van der Waals surface area contributed by atoms with E-state index in [4.69, 9.17) is 4.74 Å². The number of ether oxygens (including phenoxy) is 1. The molecule has 0 spiro atoms. The monoisotopic (exact) mass is 350 g/mol. The minimum atomic E-state index is 0.250. The first-order chi connectivity index (χ1) is 12.8. The van der Waals surface area contributed by atoms with E-state index in [0.29, 0.717) is 5.95 Å². The van der Waals surface area contributed by atoms with Crippen LogP contribution in [0.5, 0.6) is 5.75 Å². The number of hydrogen-bond donors (Lipinski definition) is 1. The van der Waals surface area contributed by atoms with Crippen LogP contribution in [-0.4, -0.2) is 58.6 Å². The molecule has 0 aliphatic carbocycles. The van der Waals surface area contributed by atoms with Gasteiger partial charge in [-0.15, -0.1) is 0 Å². The van der Waals surface area contributed by atoms with Crippen molar-refractivity contribution in [1.29, 1.82) is 0 Å². The molecule has 1 fully saturated rings. The van der Waals surface area contributed by atoms with Crippen molar-refractivity contribution in [2.24, 2.45) is 4.99 Å². The highest BCUT2D eigenvalue weighted by molar-refractivity contribution is 5.83. The molecule has 2 aromatic carbocycles. The number of phenolic OH excluding ortho intramolecular Hbond substituents is 1. The van der Waals surface area contributed by atoms with Crippen LogP contribution in [0.4, 0.5) is 5.95 Å². The Morgan fingerprint density at radius 3 is 2.62 bits per heavy atom. The second kappa shape index (κ2) is 7.68. The summed E-state index contributed by atoms with van der Waals surface area (Å²) in [6, 6.07) is 15.1. The molecule has 0 atom stereocenters. The number of imidazole rings is 1. The van der Waals surface area contributed by atoms with Crippen molar-refractivity contribution < 1.29 is 9.84 Å². The van der Waals surface area contributed by atoms with Crippen molar-refractivity contribution in [2.45, 2.75) is 6.54 Å². The van der Waals surface area contributed by atoms with E-state index in [-0.39, 0.29) is 5.75 Å². The van der Waals surface area contributed by atoms with Gasteiger partial charge in [0, 0.05) is 32.4 Å². The Morgan fingerprint density at radius 1 is 1.04 bits per heavy atom. The van der Waals surface area contributed by atoms with Crippen LogP contribution in [0.1, 0.15) is 5.56 Å². The van der Waals surface area contributed by atoms with Gasteiger partial charge in [-0.3, -0.25) is 4.90 Å². The van der Waals surface area contributed by atoms with Gasteiger partial charge in [-0.25, -0.2) is 9.98 Å². The first-order valence-electron chi connectivity index (χ1n) is 8.88. The summed E-state index contributed by atoms with van der Waals surface area (Å²) in [5.41, 5.74) is 2.97. The van der Waals surface area contributed by atoms with Gasteiger partial charge in [0.25, 0.3) is 0 Å². The van der Waals surface area contributed by atoms with Crippen LogP contribution in [0, 0.1) is 0 Å². The third-order valence-electron chi connectivity index (χ3n) is 4.60. The maximum Gasteiger partial charge on any atom is 0.230 e. The number of hydrogen-bond acceptors (Lipinski definition) is 5. The normalized spacial score (nSPS) is 15.8. The average Bonchev–Trinajstić information content (AvgIpc) is 3.04. The van der Waals surface area contributed by atoms with Gasteiger partial charge in [-0.1, -0.05) is 12.1 Å². The first kappa shape index (κ1) is 16.8. The van der Waals surface area contributed by atoms with Crippen molar-refractivity contribution in [3.63, 3.8) is 0 Å². The highest BCUT2D eigenvalue weighted by Crippen LogP contribution is 2.22. The van der Waals surface area contributed by atoms with Crippen LogP contribution in [0.3, 0.4) is 0 Å². The molecule has 6 heteroatoms. The lowest BCUT2D eigenvalue weighted by Gasteiger charge is -2.26. The third-order valence-corrected chi connectivity index (χ3v) is 4.60. The van der Waals surface area contributed by atoms with E-state index in [2.05, 4.69) is 25.5 Å². The molecule has 1 saturated heterocycles. The number of nitrogens with zero attached hydrogens (tertiary/aromatic N) is 4. The number of phenols is 1. The topological polar surface area (TPSA) is 62.9 Å². The van der Waals surface area contributed by atoms with Crippen LogP contribution < -0.4 is 0 Å². The Balaban J connectivity index is 1.59. The Kier molecular flexibility index (Phi) is 4.95. The highest BCUT2D eigenvalue weighted by Gasteiger charge is 2.13. The van der Waals surface area contributed by atoms with Gasteiger partial charge in [-0.05, 0) is 42.0 Å². The fourth-order valence-corrected chi connectivity index (χ4v) is 3.14. The average molecular weight is 350 g/mol. The quantitative estimate of drug-likeness (QED) is 0.719. The van der Waals surface area contributed by atoms with E-state index < -0.39 is 0 Å². The molecule has 0 saturated carbocycles. The predicted octanol–water partition coefficient (Wildman–Crippen LogP) is 2.82. The summed E-state index contributed by atoms with van der Waals surface area (Å²) < 4.78 is 7.59. The second-order valence-corrected chi connectivity index (χ2v) is 6.36. The number of aromatic nitrogens is 2. The van der Waals surface area contributed by atoms with Crippen LogP contribution in [0.25, 0.3) is 11.0 Å². The molecule has 0 unspecified atom stereocenters. The molecule has 0 amide bonds. The molecule has 1 N–H and O–H groups in total. The fourth-order valence-electron chi connectivity index (χ4n) is 3.14. The first-order valence-corrected chi connectivity index (χ1v) is 8.88. The van der Waals surface area contributed by atoms with E-state index in [0.717, 1.165) is 56.0 Å². The molecule has 4 rings (SSSR count). The summed E-state index contributed by atoms with van der Waals surface area (Å²) in [5.74, 6) is 0.951. The maximum absolute atomic E-state index is 9.40. The molecule has 0 radical (unpaired) electrons. The molecular formula is C20H22N4O2. The standard InChI is InChI=1S/C20H22N4O2/c25-17-7-5-16(6-8-17)15-21-20-22-18-3-1-2-4-19(18)24(20)10-9-23-11-13-26-14-12-23/h1-8,15,25H,9-14H2. The second-order valence-electron chi connectivity index (χ2n) is 6.36. The minimum Gasteiger partial charge on any atom is -0.508 e. The number of aliphatic imine (C=N–C) groups is 1. The van der Waals surface area contributed by atoms with Crippen LogP contribution in [-0.2, 0) is 11.3 Å². The van der Waals surface area contributed by atoms with Gasteiger partial charge in [-0.2, -0.15) is 0 Å². The highest BCUT2D eigenvalue weighted by atomic mass is 16.5. The largest absolute Gasteiger partial charge is 0.508 e. The van der Waals surface area contributed by atoms with Crippen molar-refractivity contribution in [3.8, 4) is 5.75 Å². The number of aromatic hydroxyl groups is 1. The van der Waals surface area contributed by atoms with Crippen molar-refractivity contribution in [1.82, 2.24) is 14.5 Å². The molecule has 3 aromatic rings. The number of para-hydroxylation sites is 2. The Labute approximate surface area is 152 Å². The molecule has 1 aliphatic rings. The van der Waals surface area contributed by atoms with Gasteiger partial charge < -0.3 is 14.4 Å². The number of benzene rings is 2. The Bertz CT molecular complexity index is 896. The summed E-state index contributed by atoms with van der Waals surface area (Å²) >= 11 is 0. The smallest absolute Gasteiger partial charge is 0.230 e. The summed E-state index contributed by atoms with van der Waals surface area (Å²) in [7, 11) is 0. The lowest BCUT2D eigenvalue weighted by Crippen LogP contribution is -2.38. The zero-order valence-corrected chi connectivity index (χ0v) is 14.6. The van der Waals surface area contributed by atoms with Crippen molar-refractivity contribution in [2.75, 3.05) is 32.8 Å². The predicted molar refractivity (Wildman–Crippen MR) is 102 cm³/mol. The zero-order valence-electron chi connectivity index (χ0n) is 14.6. The minimum absolute atomic E-state index is 0.250. The number of fused-ring (bicyclic) bond motifs is 1. The fraction of sp³-hybridized carbons (Fsp3) is 0.300. The maximum atomic E-state index is 9.40. The van der Waals surface area contributed by atoms with E-state index in [9.17, 15) is 5.11 Å². The Morgan fingerprint density at radius 2 is 1.81 bits per heavy atom. The van der Waals surface area contributed by atoms with Gasteiger partial charge >= 0.3 is 0 Å². The summed E-state index contributed by atoms with van der Waals surface area (Å²) in [5, 5.41) is 9.40. The van der Waals surface area contributed by atoms with Crippen LogP contribution in [0.15, 0.2) is 53.5 Å². The van der Waals surface area contributed by atoms with Gasteiger partial charge in [0.2, 0.25) is 5.95 Å². The molecule has 1 aliphatic heterocycles. The lowest BCUT2D eigenvalue weighted by molar-refractivity contribution is 0.0366. The van der Waals surface area contributed by atoms with E-state index in [1.54, 1.807) is 18.3 Å². The van der Waals surface area contributed by atoms with Gasteiger partial charge in [0.05, 0.1) is 24.2 Å². The van der Waals surface area contributed by atoms with Crippen molar-refractivity contribution in [3.05, 3.63) is 54.1 Å². The lowest BCUT2D eigenvalue weighted by atomic mass is 10.2. The van der Waals surface area contributed by atoms with Crippen molar-refractivity contribution >= 4 is 23.2 Å². The SMILES string of the molecule is Oc1ccc(C=Nc2nc3ccccc3n2CCN2CCOCC2)cc1. The molecule has 6 nitrogen and oxygen atoms in total.